The summed E-state index contributed by atoms with van der Waals surface area (Å²) in [6.07, 6.45) is 4.12. The molecule has 4 heteroatoms. The minimum Gasteiger partial charge on any atom is -0.338 e. The third-order valence-electron chi connectivity index (χ3n) is 3.07. The lowest BCUT2D eigenvalue weighted by Gasteiger charge is -2.31. The number of rotatable bonds is 0. The summed E-state index contributed by atoms with van der Waals surface area (Å²) in [5, 5.41) is 8.81. The number of carbonyl (C=O) groups is 1. The molecule has 4 nitrogen and oxygen atoms in total. The van der Waals surface area contributed by atoms with Gasteiger partial charge in [0.2, 0.25) is 5.91 Å². The number of likely N-dealkylation sites (tertiary alicyclic amines) is 2. The third-order valence-corrected chi connectivity index (χ3v) is 3.07. The van der Waals surface area contributed by atoms with Gasteiger partial charge in [-0.05, 0) is 12.8 Å². The van der Waals surface area contributed by atoms with E-state index in [1.165, 1.54) is 0 Å². The van der Waals surface area contributed by atoms with Gasteiger partial charge in [0.1, 0.15) is 0 Å². The van der Waals surface area contributed by atoms with E-state index >= 15 is 0 Å². The number of piperidine rings is 1. The quantitative estimate of drug-likeness (QED) is 0.498. The SMILES string of the molecule is CC(=O)N1CCC2CC1CN2C#N. The van der Waals surface area contributed by atoms with Crippen LogP contribution in [0.5, 0.6) is 0 Å². The summed E-state index contributed by atoms with van der Waals surface area (Å²) < 4.78 is 0. The van der Waals surface area contributed by atoms with Gasteiger partial charge in [0.25, 0.3) is 0 Å². The van der Waals surface area contributed by atoms with Gasteiger partial charge in [-0.15, -0.1) is 0 Å². The van der Waals surface area contributed by atoms with Gasteiger partial charge in [0.15, 0.2) is 6.19 Å². The minimum atomic E-state index is 0.142. The zero-order valence-corrected chi connectivity index (χ0v) is 7.73. The Balaban J connectivity index is 2.11. The molecule has 2 saturated heterocycles. The zero-order chi connectivity index (χ0) is 9.42. The molecule has 0 spiro atoms. The van der Waals surface area contributed by atoms with Crippen molar-refractivity contribution in [3.63, 3.8) is 0 Å². The van der Waals surface area contributed by atoms with Crippen molar-refractivity contribution in [1.29, 1.82) is 5.26 Å². The first-order chi connectivity index (χ1) is 6.22. The molecule has 2 fully saturated rings. The molecule has 2 unspecified atom stereocenters. The Hall–Kier alpha value is -1.24. The van der Waals surface area contributed by atoms with Crippen molar-refractivity contribution in [3.8, 4) is 6.19 Å². The summed E-state index contributed by atoms with van der Waals surface area (Å²) in [6.45, 7) is 3.17. The molecule has 13 heavy (non-hydrogen) atoms. The molecule has 70 valence electrons. The maximum atomic E-state index is 11.2. The maximum Gasteiger partial charge on any atom is 0.219 e. The van der Waals surface area contributed by atoms with Crippen LogP contribution in [-0.4, -0.2) is 40.9 Å². The van der Waals surface area contributed by atoms with Crippen molar-refractivity contribution in [2.24, 2.45) is 0 Å². The number of nitrogens with zero attached hydrogens (tertiary/aromatic N) is 3. The summed E-state index contributed by atoms with van der Waals surface area (Å²) in [5.41, 5.74) is 0. The summed E-state index contributed by atoms with van der Waals surface area (Å²) >= 11 is 0. The highest BCUT2D eigenvalue weighted by molar-refractivity contribution is 5.73. The Bertz CT molecular complexity index is 271. The van der Waals surface area contributed by atoms with Gasteiger partial charge >= 0.3 is 0 Å². The molecule has 2 aliphatic heterocycles. The standard InChI is InChI=1S/C9H13N3O/c1-7(13)12-3-2-8-4-9(12)5-11(8)6-10/h8-9H,2-5H2,1H3. The van der Waals surface area contributed by atoms with Crippen LogP contribution in [0.15, 0.2) is 0 Å². The average molecular weight is 179 g/mol. The van der Waals surface area contributed by atoms with Gasteiger partial charge in [-0.25, -0.2) is 0 Å². The lowest BCUT2D eigenvalue weighted by atomic mass is 10.0. The second-order valence-corrected chi connectivity index (χ2v) is 3.80. The van der Waals surface area contributed by atoms with E-state index < -0.39 is 0 Å². The molecule has 2 rings (SSSR count). The first-order valence-corrected chi connectivity index (χ1v) is 4.66. The molecule has 1 amide bonds. The number of amides is 1. The Kier molecular flexibility index (Phi) is 1.87. The van der Waals surface area contributed by atoms with Gasteiger partial charge in [0, 0.05) is 26.1 Å². The molecule has 0 aliphatic carbocycles. The first-order valence-electron chi connectivity index (χ1n) is 4.66. The molecular weight excluding hydrogens is 166 g/mol. The molecule has 0 aromatic rings. The zero-order valence-electron chi connectivity index (χ0n) is 7.73. The Morgan fingerprint density at radius 2 is 2.31 bits per heavy atom. The molecule has 0 radical (unpaired) electrons. The van der Waals surface area contributed by atoms with E-state index in [0.29, 0.717) is 6.04 Å². The largest absolute Gasteiger partial charge is 0.338 e. The van der Waals surface area contributed by atoms with Gasteiger partial charge in [-0.1, -0.05) is 0 Å². The molecule has 0 aromatic carbocycles. The number of carbonyl (C=O) groups excluding carboxylic acids is 1. The van der Waals surface area contributed by atoms with E-state index in [9.17, 15) is 4.79 Å². The lowest BCUT2D eigenvalue weighted by Crippen LogP contribution is -2.43. The van der Waals surface area contributed by atoms with Crippen LogP contribution in [0.4, 0.5) is 0 Å². The normalized spacial score (nSPS) is 31.7. The smallest absolute Gasteiger partial charge is 0.219 e. The Labute approximate surface area is 77.7 Å². The highest BCUT2D eigenvalue weighted by Crippen LogP contribution is 2.28. The summed E-state index contributed by atoms with van der Waals surface area (Å²) in [4.78, 5) is 14.9. The average Bonchev–Trinajstić information content (AvgIpc) is 2.42. The number of hydrogen-bond donors (Lipinski definition) is 0. The van der Waals surface area contributed by atoms with Crippen molar-refractivity contribution in [2.75, 3.05) is 13.1 Å². The molecule has 0 N–H and O–H groups in total. The van der Waals surface area contributed by atoms with E-state index in [4.69, 9.17) is 5.26 Å². The molecule has 2 bridgehead atoms. The predicted molar refractivity (Wildman–Crippen MR) is 46.5 cm³/mol. The van der Waals surface area contributed by atoms with Gasteiger partial charge in [0.05, 0.1) is 6.04 Å². The van der Waals surface area contributed by atoms with Crippen LogP contribution in [0.1, 0.15) is 19.8 Å². The predicted octanol–water partition coefficient (Wildman–Crippen LogP) is 0.163. The highest BCUT2D eigenvalue weighted by atomic mass is 16.2. The van der Waals surface area contributed by atoms with E-state index in [2.05, 4.69) is 6.19 Å². The fourth-order valence-corrected chi connectivity index (χ4v) is 2.40. The minimum absolute atomic E-state index is 0.142. The van der Waals surface area contributed by atoms with Gasteiger partial charge in [-0.2, -0.15) is 5.26 Å². The monoisotopic (exact) mass is 179 g/mol. The summed E-state index contributed by atoms with van der Waals surface area (Å²) in [6, 6.07) is 0.682. The second-order valence-electron chi connectivity index (χ2n) is 3.80. The topological polar surface area (TPSA) is 47.3 Å². The Morgan fingerprint density at radius 3 is 2.92 bits per heavy atom. The van der Waals surface area contributed by atoms with Crippen LogP contribution in [0, 0.1) is 11.5 Å². The molecular formula is C9H13N3O. The number of fused-ring (bicyclic) bond motifs is 2. The van der Waals surface area contributed by atoms with Gasteiger partial charge < -0.3 is 9.80 Å². The van der Waals surface area contributed by atoms with Crippen LogP contribution in [-0.2, 0) is 4.79 Å². The van der Waals surface area contributed by atoms with E-state index in [1.807, 2.05) is 9.80 Å². The molecule has 2 atom stereocenters. The fraction of sp³-hybridized carbons (Fsp3) is 0.778. The van der Waals surface area contributed by atoms with E-state index in [1.54, 1.807) is 6.92 Å². The molecule has 2 aliphatic rings. The lowest BCUT2D eigenvalue weighted by molar-refractivity contribution is -0.131. The third kappa shape index (κ3) is 1.24. The summed E-state index contributed by atoms with van der Waals surface area (Å²) in [7, 11) is 0. The van der Waals surface area contributed by atoms with Crippen LogP contribution in [0.25, 0.3) is 0 Å². The van der Waals surface area contributed by atoms with Crippen molar-refractivity contribution >= 4 is 5.91 Å². The van der Waals surface area contributed by atoms with Crippen molar-refractivity contribution in [2.45, 2.75) is 31.8 Å². The summed E-state index contributed by atoms with van der Waals surface area (Å²) in [5.74, 6) is 0.142. The molecule has 0 saturated carbocycles. The Morgan fingerprint density at radius 1 is 1.54 bits per heavy atom. The second kappa shape index (κ2) is 2.91. The first kappa shape index (κ1) is 8.36. The van der Waals surface area contributed by atoms with E-state index in [-0.39, 0.29) is 11.9 Å². The molecule has 2 heterocycles. The highest BCUT2D eigenvalue weighted by Gasteiger charge is 2.40. The fourth-order valence-electron chi connectivity index (χ4n) is 2.40. The van der Waals surface area contributed by atoms with Gasteiger partial charge in [-0.3, -0.25) is 4.79 Å². The molecule has 0 aromatic heterocycles. The van der Waals surface area contributed by atoms with Crippen LogP contribution < -0.4 is 0 Å². The number of nitriles is 1. The van der Waals surface area contributed by atoms with Crippen LogP contribution in [0.3, 0.4) is 0 Å². The van der Waals surface area contributed by atoms with Crippen molar-refractivity contribution in [3.05, 3.63) is 0 Å². The maximum absolute atomic E-state index is 11.2. The van der Waals surface area contributed by atoms with Crippen LogP contribution in [0.2, 0.25) is 0 Å². The van der Waals surface area contributed by atoms with E-state index in [0.717, 1.165) is 25.9 Å². The van der Waals surface area contributed by atoms with Crippen molar-refractivity contribution < 1.29 is 4.79 Å². The number of hydrogen-bond acceptors (Lipinski definition) is 3. The van der Waals surface area contributed by atoms with Crippen molar-refractivity contribution in [1.82, 2.24) is 9.80 Å². The van der Waals surface area contributed by atoms with Crippen LogP contribution >= 0.6 is 0 Å².